The van der Waals surface area contributed by atoms with Crippen LogP contribution in [-0.2, 0) is 9.47 Å². The summed E-state index contributed by atoms with van der Waals surface area (Å²) in [6.07, 6.45) is 0. The summed E-state index contributed by atoms with van der Waals surface area (Å²) in [5, 5.41) is 2.98. The van der Waals surface area contributed by atoms with Crippen LogP contribution in [0.15, 0.2) is 0 Å². The average molecular weight is 162 g/mol. The fourth-order valence-corrected chi connectivity index (χ4v) is 0.580. The van der Waals surface area contributed by atoms with E-state index in [-0.39, 0.29) is 0 Å². The van der Waals surface area contributed by atoms with Gasteiger partial charge in [-0.15, -0.1) is 0 Å². The van der Waals surface area contributed by atoms with E-state index in [0.717, 1.165) is 13.2 Å². The summed E-state index contributed by atoms with van der Waals surface area (Å²) >= 11 is 0. The first kappa shape index (κ1) is 10.8. The maximum Gasteiger partial charge on any atom is 0.0701 e. The van der Waals surface area contributed by atoms with Crippen molar-refractivity contribution >= 4 is 0 Å². The summed E-state index contributed by atoms with van der Waals surface area (Å²) in [5.41, 5.74) is 5.22. The minimum atomic E-state index is 0.580. The quantitative estimate of drug-likeness (QED) is 0.459. The maximum absolute atomic E-state index is 5.22. The zero-order chi connectivity index (χ0) is 8.36. The van der Waals surface area contributed by atoms with E-state index in [1.54, 1.807) is 0 Å². The molecule has 0 radical (unpaired) electrons. The second kappa shape index (κ2) is 9.84. The molecule has 0 aliphatic carbocycles. The van der Waals surface area contributed by atoms with E-state index in [9.17, 15) is 0 Å². The van der Waals surface area contributed by atoms with Crippen LogP contribution in [0.1, 0.15) is 0 Å². The average Bonchev–Trinajstić information content (AvgIpc) is 2.03. The lowest BCUT2D eigenvalue weighted by Crippen LogP contribution is -2.17. The first-order chi connectivity index (χ1) is 5.41. The Labute approximate surface area is 68.0 Å². The summed E-state index contributed by atoms with van der Waals surface area (Å²) in [5.74, 6) is 0. The number of nitrogens with two attached hydrogens (primary N) is 1. The highest BCUT2D eigenvalue weighted by molar-refractivity contribution is 4.36. The molecule has 4 nitrogen and oxygen atoms in total. The standard InChI is InChI=1S/C7H18N2O2/c1-9-3-5-11-7-6-10-4-2-8/h9H,2-8H2,1H3. The van der Waals surface area contributed by atoms with Gasteiger partial charge >= 0.3 is 0 Å². The molecule has 0 rings (SSSR count). The van der Waals surface area contributed by atoms with Crippen LogP contribution in [0.3, 0.4) is 0 Å². The molecule has 0 heterocycles. The summed E-state index contributed by atoms with van der Waals surface area (Å²) in [6, 6.07) is 0. The van der Waals surface area contributed by atoms with Crippen molar-refractivity contribution in [1.29, 1.82) is 0 Å². The third kappa shape index (κ3) is 9.84. The topological polar surface area (TPSA) is 56.5 Å². The first-order valence-corrected chi connectivity index (χ1v) is 3.92. The van der Waals surface area contributed by atoms with E-state index >= 15 is 0 Å². The van der Waals surface area contributed by atoms with Crippen molar-refractivity contribution in [2.75, 3.05) is 46.6 Å². The first-order valence-electron chi connectivity index (χ1n) is 3.92. The lowest BCUT2D eigenvalue weighted by atomic mass is 10.6. The molecule has 0 aliphatic heterocycles. The molecule has 0 aromatic heterocycles. The molecule has 0 aliphatic rings. The van der Waals surface area contributed by atoms with E-state index in [1.165, 1.54) is 0 Å². The smallest absolute Gasteiger partial charge is 0.0701 e. The van der Waals surface area contributed by atoms with Gasteiger partial charge in [0.15, 0.2) is 0 Å². The predicted octanol–water partition coefficient (Wildman–Crippen LogP) is -0.802. The summed E-state index contributed by atoms with van der Waals surface area (Å²) in [4.78, 5) is 0. The van der Waals surface area contributed by atoms with Gasteiger partial charge in [-0.1, -0.05) is 0 Å². The van der Waals surface area contributed by atoms with E-state index in [0.29, 0.717) is 26.4 Å². The largest absolute Gasteiger partial charge is 0.378 e. The van der Waals surface area contributed by atoms with E-state index < -0.39 is 0 Å². The molecule has 11 heavy (non-hydrogen) atoms. The second-order valence-electron chi connectivity index (χ2n) is 2.12. The van der Waals surface area contributed by atoms with Crippen molar-refractivity contribution in [3.8, 4) is 0 Å². The Hall–Kier alpha value is -0.160. The highest BCUT2D eigenvalue weighted by Crippen LogP contribution is 1.76. The van der Waals surface area contributed by atoms with Crippen molar-refractivity contribution in [2.24, 2.45) is 5.73 Å². The number of hydrogen-bond donors (Lipinski definition) is 2. The normalized spacial score (nSPS) is 10.4. The molecule has 0 aromatic rings. The maximum atomic E-state index is 5.22. The van der Waals surface area contributed by atoms with Crippen LogP contribution >= 0.6 is 0 Å². The monoisotopic (exact) mass is 162 g/mol. The summed E-state index contributed by atoms with van der Waals surface area (Å²) in [7, 11) is 1.90. The molecule has 0 saturated heterocycles. The van der Waals surface area contributed by atoms with E-state index in [2.05, 4.69) is 5.32 Å². The molecular formula is C7H18N2O2. The van der Waals surface area contributed by atoms with Gasteiger partial charge in [0, 0.05) is 13.1 Å². The van der Waals surface area contributed by atoms with Crippen molar-refractivity contribution in [1.82, 2.24) is 5.32 Å². The molecule has 0 saturated carbocycles. The van der Waals surface area contributed by atoms with E-state index in [1.807, 2.05) is 7.05 Å². The van der Waals surface area contributed by atoms with Crippen molar-refractivity contribution in [2.45, 2.75) is 0 Å². The van der Waals surface area contributed by atoms with Gasteiger partial charge in [0.2, 0.25) is 0 Å². The zero-order valence-electron chi connectivity index (χ0n) is 7.14. The number of nitrogens with one attached hydrogen (secondary N) is 1. The molecule has 0 amide bonds. The Kier molecular flexibility index (Phi) is 9.70. The number of hydrogen-bond acceptors (Lipinski definition) is 4. The molecule has 3 N–H and O–H groups in total. The summed E-state index contributed by atoms with van der Waals surface area (Å²) in [6.45, 7) is 4.12. The third-order valence-electron chi connectivity index (χ3n) is 1.13. The van der Waals surface area contributed by atoms with Crippen LogP contribution in [0.2, 0.25) is 0 Å². The molecule has 68 valence electrons. The van der Waals surface area contributed by atoms with Gasteiger partial charge in [-0.2, -0.15) is 0 Å². The van der Waals surface area contributed by atoms with Crippen molar-refractivity contribution < 1.29 is 9.47 Å². The van der Waals surface area contributed by atoms with Crippen molar-refractivity contribution in [3.05, 3.63) is 0 Å². The molecule has 0 atom stereocenters. The Morgan fingerprint density at radius 2 is 1.73 bits per heavy atom. The number of ether oxygens (including phenoxy) is 2. The van der Waals surface area contributed by atoms with Gasteiger partial charge in [-0.25, -0.2) is 0 Å². The number of likely N-dealkylation sites (N-methyl/N-ethyl adjacent to an activating group) is 1. The Morgan fingerprint density at radius 3 is 2.27 bits per heavy atom. The molecule has 4 heteroatoms. The third-order valence-corrected chi connectivity index (χ3v) is 1.13. The van der Waals surface area contributed by atoms with Crippen LogP contribution in [0.4, 0.5) is 0 Å². The molecule has 0 aromatic carbocycles. The van der Waals surface area contributed by atoms with Crippen LogP contribution in [-0.4, -0.2) is 46.6 Å². The Balaban J connectivity index is 2.69. The second-order valence-corrected chi connectivity index (χ2v) is 2.12. The Bertz CT molecular complexity index is 63.5. The summed E-state index contributed by atoms with van der Waals surface area (Å²) < 4.78 is 10.3. The van der Waals surface area contributed by atoms with Crippen LogP contribution in [0, 0.1) is 0 Å². The molecule has 0 spiro atoms. The van der Waals surface area contributed by atoms with E-state index in [4.69, 9.17) is 15.2 Å². The lowest BCUT2D eigenvalue weighted by Gasteiger charge is -2.03. The highest BCUT2D eigenvalue weighted by Gasteiger charge is 1.87. The molecule has 0 unspecified atom stereocenters. The Morgan fingerprint density at radius 1 is 1.09 bits per heavy atom. The molecule has 0 fully saturated rings. The fourth-order valence-electron chi connectivity index (χ4n) is 0.580. The van der Waals surface area contributed by atoms with Crippen LogP contribution in [0.25, 0.3) is 0 Å². The molecule has 0 bridgehead atoms. The van der Waals surface area contributed by atoms with Gasteiger partial charge in [-0.3, -0.25) is 0 Å². The SMILES string of the molecule is CNCCOCCOCCN. The van der Waals surface area contributed by atoms with Gasteiger partial charge in [0.25, 0.3) is 0 Å². The lowest BCUT2D eigenvalue weighted by molar-refractivity contribution is 0.0523. The van der Waals surface area contributed by atoms with Crippen LogP contribution in [0.5, 0.6) is 0 Å². The van der Waals surface area contributed by atoms with Gasteiger partial charge in [0.1, 0.15) is 0 Å². The zero-order valence-corrected chi connectivity index (χ0v) is 7.14. The highest BCUT2D eigenvalue weighted by atomic mass is 16.5. The van der Waals surface area contributed by atoms with Crippen molar-refractivity contribution in [3.63, 3.8) is 0 Å². The fraction of sp³-hybridized carbons (Fsp3) is 1.00. The van der Waals surface area contributed by atoms with Gasteiger partial charge in [-0.05, 0) is 7.05 Å². The molecular weight excluding hydrogens is 144 g/mol. The minimum Gasteiger partial charge on any atom is -0.378 e. The van der Waals surface area contributed by atoms with Gasteiger partial charge in [0.05, 0.1) is 26.4 Å². The van der Waals surface area contributed by atoms with Crippen LogP contribution < -0.4 is 11.1 Å². The minimum absolute atomic E-state index is 0.580. The van der Waals surface area contributed by atoms with Gasteiger partial charge < -0.3 is 20.5 Å². The predicted molar refractivity (Wildman–Crippen MR) is 44.6 cm³/mol. The number of rotatable bonds is 8.